The molecule has 82 valence electrons. The summed E-state index contributed by atoms with van der Waals surface area (Å²) in [6.45, 7) is 0.795. The van der Waals surface area contributed by atoms with Gasteiger partial charge in [-0.25, -0.2) is 0 Å². The van der Waals surface area contributed by atoms with E-state index in [1.807, 2.05) is 0 Å². The van der Waals surface area contributed by atoms with Gasteiger partial charge in [-0.15, -0.1) is 0 Å². The summed E-state index contributed by atoms with van der Waals surface area (Å²) in [4.78, 5) is 0. The molecule has 0 fully saturated rings. The first-order valence-electron chi connectivity index (χ1n) is 5.06. The largest absolute Gasteiger partial charge is 0.493 e. The minimum Gasteiger partial charge on any atom is -0.493 e. The topological polar surface area (TPSA) is 47.3 Å². The number of rotatable bonds is 4. The quantitative estimate of drug-likeness (QED) is 0.601. The molecule has 1 aromatic carbocycles. The Kier molecular flexibility index (Phi) is 3.51. The summed E-state index contributed by atoms with van der Waals surface area (Å²) >= 11 is 1.78. The molecule has 0 spiro atoms. The fraction of sp³-hybridized carbons (Fsp3) is 0.455. The Bertz CT molecular complexity index is 343. The highest BCUT2D eigenvalue weighted by Crippen LogP contribution is 2.33. The normalized spacial score (nSPS) is 15.9. The van der Waals surface area contributed by atoms with Crippen LogP contribution in [0.3, 0.4) is 0 Å². The van der Waals surface area contributed by atoms with Gasteiger partial charge in [0.15, 0.2) is 0 Å². The van der Waals surface area contributed by atoms with Crippen LogP contribution in [-0.4, -0.2) is 18.6 Å². The molecule has 3 nitrogen and oxygen atoms in total. The van der Waals surface area contributed by atoms with E-state index >= 15 is 0 Å². The predicted molar refractivity (Wildman–Crippen MR) is 64.1 cm³/mol. The molecule has 1 heterocycles. The number of hydrogen-bond donors (Lipinski definition) is 2. The van der Waals surface area contributed by atoms with E-state index in [2.05, 4.69) is 29.9 Å². The number of nitrogens with one attached hydrogen (secondary N) is 1. The molecule has 4 heteroatoms. The van der Waals surface area contributed by atoms with Crippen molar-refractivity contribution in [2.75, 3.05) is 18.6 Å². The highest BCUT2D eigenvalue weighted by Gasteiger charge is 2.20. The zero-order valence-corrected chi connectivity index (χ0v) is 9.64. The van der Waals surface area contributed by atoms with Gasteiger partial charge >= 0.3 is 0 Å². The molecule has 3 N–H and O–H groups in total. The Labute approximate surface area is 94.3 Å². The number of hydrazine groups is 1. The molecule has 1 aliphatic heterocycles. The van der Waals surface area contributed by atoms with Crippen molar-refractivity contribution in [1.29, 1.82) is 0 Å². The van der Waals surface area contributed by atoms with E-state index in [0.29, 0.717) is 0 Å². The lowest BCUT2D eigenvalue weighted by atomic mass is 10.0. The van der Waals surface area contributed by atoms with Crippen LogP contribution in [0.4, 0.5) is 0 Å². The van der Waals surface area contributed by atoms with Crippen molar-refractivity contribution in [3.05, 3.63) is 29.3 Å². The van der Waals surface area contributed by atoms with Crippen LogP contribution in [0.5, 0.6) is 5.75 Å². The van der Waals surface area contributed by atoms with Crippen LogP contribution in [0.25, 0.3) is 0 Å². The van der Waals surface area contributed by atoms with Crippen molar-refractivity contribution < 1.29 is 4.74 Å². The van der Waals surface area contributed by atoms with Gasteiger partial charge in [-0.2, -0.15) is 11.8 Å². The fourth-order valence-corrected chi connectivity index (χ4v) is 2.52. The lowest BCUT2D eigenvalue weighted by molar-refractivity contribution is 0.350. The Hall–Kier alpha value is -0.710. The molecule has 15 heavy (non-hydrogen) atoms. The minimum atomic E-state index is 0.174. The second-order valence-corrected chi connectivity index (χ2v) is 4.52. The summed E-state index contributed by atoms with van der Waals surface area (Å²) in [7, 11) is 0. The highest BCUT2D eigenvalue weighted by molar-refractivity contribution is 7.98. The van der Waals surface area contributed by atoms with Crippen molar-refractivity contribution >= 4 is 11.8 Å². The molecule has 0 bridgehead atoms. The van der Waals surface area contributed by atoms with Crippen molar-refractivity contribution in [3.63, 3.8) is 0 Å². The third-order valence-corrected chi connectivity index (χ3v) is 3.32. The van der Waals surface area contributed by atoms with Gasteiger partial charge in [0, 0.05) is 17.7 Å². The van der Waals surface area contributed by atoms with Gasteiger partial charge in [0.05, 0.1) is 12.6 Å². The van der Waals surface area contributed by atoms with Gasteiger partial charge in [0.1, 0.15) is 5.75 Å². The van der Waals surface area contributed by atoms with Gasteiger partial charge in [-0.1, -0.05) is 18.2 Å². The van der Waals surface area contributed by atoms with Gasteiger partial charge < -0.3 is 4.74 Å². The number of ether oxygens (including phenoxy) is 1. The van der Waals surface area contributed by atoms with Crippen LogP contribution in [-0.2, 0) is 6.42 Å². The molecule has 1 atom stereocenters. The molecule has 0 amide bonds. The van der Waals surface area contributed by atoms with E-state index in [9.17, 15) is 0 Å². The highest BCUT2D eigenvalue weighted by atomic mass is 32.2. The number of fused-ring (bicyclic) bond motifs is 1. The molecule has 0 saturated carbocycles. The first kappa shape index (κ1) is 10.8. The molecule has 0 saturated heterocycles. The van der Waals surface area contributed by atoms with Crippen molar-refractivity contribution in [2.45, 2.75) is 12.5 Å². The minimum absolute atomic E-state index is 0.174. The van der Waals surface area contributed by atoms with E-state index in [0.717, 1.165) is 24.5 Å². The number of nitrogens with two attached hydrogens (primary N) is 1. The maximum Gasteiger partial charge on any atom is 0.127 e. The predicted octanol–water partition coefficient (Wildman–Crippen LogP) is 1.49. The van der Waals surface area contributed by atoms with Gasteiger partial charge in [-0.05, 0) is 11.8 Å². The molecule has 2 rings (SSSR count). The third kappa shape index (κ3) is 2.12. The summed E-state index contributed by atoms with van der Waals surface area (Å²) in [6.07, 6.45) is 3.09. The average Bonchev–Trinajstić information content (AvgIpc) is 2.73. The van der Waals surface area contributed by atoms with E-state index in [4.69, 9.17) is 10.6 Å². The van der Waals surface area contributed by atoms with Crippen molar-refractivity contribution in [1.82, 2.24) is 5.43 Å². The number of thioether (sulfide) groups is 1. The van der Waals surface area contributed by atoms with Crippen LogP contribution >= 0.6 is 11.8 Å². The molecular weight excluding hydrogens is 208 g/mol. The second-order valence-electron chi connectivity index (χ2n) is 3.61. The Morgan fingerprint density at radius 1 is 1.60 bits per heavy atom. The van der Waals surface area contributed by atoms with Crippen molar-refractivity contribution in [2.24, 2.45) is 5.84 Å². The zero-order valence-electron chi connectivity index (χ0n) is 8.82. The summed E-state index contributed by atoms with van der Waals surface area (Å²) in [5, 5.41) is 0. The monoisotopic (exact) mass is 224 g/mol. The summed E-state index contributed by atoms with van der Waals surface area (Å²) in [5.41, 5.74) is 5.33. The van der Waals surface area contributed by atoms with Gasteiger partial charge in [0.25, 0.3) is 0 Å². The number of hydrogen-bond acceptors (Lipinski definition) is 4. The molecule has 1 aromatic rings. The van der Waals surface area contributed by atoms with E-state index in [-0.39, 0.29) is 6.04 Å². The van der Waals surface area contributed by atoms with Crippen LogP contribution < -0.4 is 16.0 Å². The molecule has 1 unspecified atom stereocenters. The van der Waals surface area contributed by atoms with Crippen LogP contribution in [0.15, 0.2) is 18.2 Å². The smallest absolute Gasteiger partial charge is 0.127 e. The lowest BCUT2D eigenvalue weighted by Gasteiger charge is -2.17. The Morgan fingerprint density at radius 3 is 3.20 bits per heavy atom. The average molecular weight is 224 g/mol. The fourth-order valence-electron chi connectivity index (χ4n) is 1.91. The SMILES string of the molecule is CSCC(NN)c1cccc2c1OCC2. The Morgan fingerprint density at radius 2 is 2.47 bits per heavy atom. The zero-order chi connectivity index (χ0) is 10.7. The maximum absolute atomic E-state index is 5.65. The molecule has 1 aliphatic rings. The second kappa shape index (κ2) is 4.88. The van der Waals surface area contributed by atoms with E-state index in [1.165, 1.54) is 11.1 Å². The first-order valence-corrected chi connectivity index (χ1v) is 6.46. The van der Waals surface area contributed by atoms with Crippen molar-refractivity contribution in [3.8, 4) is 5.75 Å². The molecular formula is C11H16N2OS. The molecule has 0 aromatic heterocycles. The standard InChI is InChI=1S/C11H16N2OS/c1-15-7-10(13-12)9-4-2-3-8-5-6-14-11(8)9/h2-4,10,13H,5-7,12H2,1H3. The molecule has 0 radical (unpaired) electrons. The summed E-state index contributed by atoms with van der Waals surface area (Å²) < 4.78 is 5.65. The van der Waals surface area contributed by atoms with Gasteiger partial charge in [-0.3, -0.25) is 11.3 Å². The van der Waals surface area contributed by atoms with E-state index in [1.54, 1.807) is 11.8 Å². The molecule has 0 aliphatic carbocycles. The third-order valence-electron chi connectivity index (χ3n) is 2.65. The van der Waals surface area contributed by atoms with Crippen LogP contribution in [0.1, 0.15) is 17.2 Å². The first-order chi connectivity index (χ1) is 7.36. The Balaban J connectivity index is 2.30. The number of benzene rings is 1. The summed E-state index contributed by atoms with van der Waals surface area (Å²) in [5.74, 6) is 7.56. The van der Waals surface area contributed by atoms with E-state index < -0.39 is 0 Å². The lowest BCUT2D eigenvalue weighted by Crippen LogP contribution is -2.29. The van der Waals surface area contributed by atoms with Crippen LogP contribution in [0, 0.1) is 0 Å². The van der Waals surface area contributed by atoms with Gasteiger partial charge in [0.2, 0.25) is 0 Å². The maximum atomic E-state index is 5.65. The number of para-hydroxylation sites is 1. The summed E-state index contributed by atoms with van der Waals surface area (Å²) in [6, 6.07) is 6.46. The van der Waals surface area contributed by atoms with Crippen LogP contribution in [0.2, 0.25) is 0 Å².